The maximum absolute atomic E-state index is 14.3. The molecule has 0 aliphatic heterocycles. The SMILES string of the molecule is C/C(C=NCc1cn2c(F)c(C3CC3)ccc2n1)=C/N. The van der Waals surface area contributed by atoms with E-state index in [2.05, 4.69) is 9.98 Å². The van der Waals surface area contributed by atoms with Crippen molar-refractivity contribution in [3.8, 4) is 0 Å². The van der Waals surface area contributed by atoms with E-state index in [4.69, 9.17) is 5.73 Å². The second kappa shape index (κ2) is 5.07. The molecular weight excluding hydrogens is 255 g/mol. The highest BCUT2D eigenvalue weighted by molar-refractivity contribution is 5.77. The van der Waals surface area contributed by atoms with Crippen molar-refractivity contribution >= 4 is 11.9 Å². The topological polar surface area (TPSA) is 55.7 Å². The molecule has 2 aromatic rings. The molecule has 1 aliphatic rings. The molecule has 1 fully saturated rings. The van der Waals surface area contributed by atoms with E-state index in [0.29, 0.717) is 18.1 Å². The molecule has 4 nitrogen and oxygen atoms in total. The quantitative estimate of drug-likeness (QED) is 0.687. The maximum atomic E-state index is 14.3. The average molecular weight is 272 g/mol. The van der Waals surface area contributed by atoms with Gasteiger partial charge >= 0.3 is 0 Å². The maximum Gasteiger partial charge on any atom is 0.202 e. The highest BCUT2D eigenvalue weighted by Crippen LogP contribution is 2.41. The molecule has 0 unspecified atom stereocenters. The van der Waals surface area contributed by atoms with Crippen molar-refractivity contribution in [2.24, 2.45) is 10.7 Å². The van der Waals surface area contributed by atoms with Gasteiger partial charge < -0.3 is 5.73 Å². The summed E-state index contributed by atoms with van der Waals surface area (Å²) >= 11 is 0. The number of hydrogen-bond acceptors (Lipinski definition) is 3. The van der Waals surface area contributed by atoms with Crippen molar-refractivity contribution in [3.05, 3.63) is 47.3 Å². The smallest absolute Gasteiger partial charge is 0.202 e. The van der Waals surface area contributed by atoms with Crippen LogP contribution in [0.2, 0.25) is 0 Å². The molecule has 2 N–H and O–H groups in total. The Kier molecular flexibility index (Phi) is 3.26. The molecule has 1 saturated carbocycles. The predicted molar refractivity (Wildman–Crippen MR) is 77.3 cm³/mol. The molecule has 0 saturated heterocycles. The highest BCUT2D eigenvalue weighted by Gasteiger charge is 2.27. The number of allylic oxidation sites excluding steroid dienone is 1. The Bertz CT molecular complexity index is 695. The number of imidazole rings is 1. The lowest BCUT2D eigenvalue weighted by Crippen LogP contribution is -1.96. The van der Waals surface area contributed by atoms with Gasteiger partial charge in [0.2, 0.25) is 5.95 Å². The molecule has 0 atom stereocenters. The predicted octanol–water partition coefficient (Wildman–Crippen LogP) is 2.78. The van der Waals surface area contributed by atoms with Crippen LogP contribution in [0, 0.1) is 5.95 Å². The average Bonchev–Trinajstić information content (AvgIpc) is 3.19. The molecule has 0 aromatic carbocycles. The molecule has 2 aromatic heterocycles. The summed E-state index contributed by atoms with van der Waals surface area (Å²) < 4.78 is 15.9. The molecule has 104 valence electrons. The van der Waals surface area contributed by atoms with Crippen LogP contribution in [-0.4, -0.2) is 15.6 Å². The number of fused-ring (bicyclic) bond motifs is 1. The molecule has 3 rings (SSSR count). The van der Waals surface area contributed by atoms with Gasteiger partial charge in [0.1, 0.15) is 5.65 Å². The Balaban J connectivity index is 1.87. The molecule has 0 radical (unpaired) electrons. The second-order valence-electron chi connectivity index (χ2n) is 5.19. The molecule has 2 heterocycles. The van der Waals surface area contributed by atoms with Crippen LogP contribution in [0.15, 0.2) is 35.1 Å². The summed E-state index contributed by atoms with van der Waals surface area (Å²) in [6, 6.07) is 3.72. The molecular formula is C15H17FN4. The van der Waals surface area contributed by atoms with Crippen LogP contribution in [-0.2, 0) is 6.54 Å². The van der Waals surface area contributed by atoms with E-state index < -0.39 is 0 Å². The molecule has 0 spiro atoms. The number of aromatic nitrogens is 2. The van der Waals surface area contributed by atoms with Gasteiger partial charge in [-0.05, 0) is 43.5 Å². The van der Waals surface area contributed by atoms with Crippen molar-refractivity contribution in [2.75, 3.05) is 0 Å². The second-order valence-corrected chi connectivity index (χ2v) is 5.19. The summed E-state index contributed by atoms with van der Waals surface area (Å²) in [5.74, 6) is 0.200. The van der Waals surface area contributed by atoms with E-state index >= 15 is 0 Å². The number of hydrogen-bond donors (Lipinski definition) is 1. The first-order valence-electron chi connectivity index (χ1n) is 6.73. The number of aliphatic imine (C=N–C) groups is 1. The van der Waals surface area contributed by atoms with Gasteiger partial charge in [0.05, 0.1) is 12.2 Å². The number of nitrogens with two attached hydrogens (primary N) is 1. The minimum Gasteiger partial charge on any atom is -0.404 e. The van der Waals surface area contributed by atoms with Crippen molar-refractivity contribution in [1.82, 2.24) is 9.38 Å². The summed E-state index contributed by atoms with van der Waals surface area (Å²) in [5.41, 5.74) is 8.42. The van der Waals surface area contributed by atoms with E-state index in [1.807, 2.05) is 19.1 Å². The van der Waals surface area contributed by atoms with Gasteiger partial charge in [-0.3, -0.25) is 9.39 Å². The van der Waals surface area contributed by atoms with Crippen molar-refractivity contribution in [2.45, 2.75) is 32.2 Å². The van der Waals surface area contributed by atoms with Gasteiger partial charge in [-0.2, -0.15) is 4.39 Å². The Morgan fingerprint density at radius 1 is 1.55 bits per heavy atom. The van der Waals surface area contributed by atoms with E-state index in [1.165, 1.54) is 10.6 Å². The Morgan fingerprint density at radius 2 is 2.35 bits per heavy atom. The van der Waals surface area contributed by atoms with Crippen molar-refractivity contribution in [1.29, 1.82) is 0 Å². The summed E-state index contributed by atoms with van der Waals surface area (Å²) in [4.78, 5) is 8.61. The summed E-state index contributed by atoms with van der Waals surface area (Å²) in [7, 11) is 0. The van der Waals surface area contributed by atoms with Gasteiger partial charge in [-0.15, -0.1) is 0 Å². The Hall–Kier alpha value is -2.17. The lowest BCUT2D eigenvalue weighted by Gasteiger charge is -2.02. The fraction of sp³-hybridized carbons (Fsp3) is 0.333. The van der Waals surface area contributed by atoms with E-state index in [1.54, 1.807) is 12.4 Å². The van der Waals surface area contributed by atoms with Gasteiger partial charge in [0.25, 0.3) is 0 Å². The number of pyridine rings is 1. The molecule has 5 heteroatoms. The Morgan fingerprint density at radius 3 is 3.05 bits per heavy atom. The molecule has 0 bridgehead atoms. The van der Waals surface area contributed by atoms with Crippen molar-refractivity contribution in [3.63, 3.8) is 0 Å². The fourth-order valence-electron chi connectivity index (χ4n) is 2.19. The molecule has 1 aliphatic carbocycles. The largest absolute Gasteiger partial charge is 0.404 e. The van der Waals surface area contributed by atoms with Crippen LogP contribution in [0.25, 0.3) is 5.65 Å². The zero-order valence-electron chi connectivity index (χ0n) is 11.4. The van der Waals surface area contributed by atoms with Gasteiger partial charge in [-0.25, -0.2) is 4.98 Å². The third-order valence-corrected chi connectivity index (χ3v) is 3.47. The lowest BCUT2D eigenvalue weighted by molar-refractivity contribution is 0.551. The first-order chi connectivity index (χ1) is 9.69. The minimum absolute atomic E-state index is 0.189. The molecule has 0 amide bonds. The van der Waals surface area contributed by atoms with Crippen LogP contribution < -0.4 is 5.73 Å². The van der Waals surface area contributed by atoms with E-state index in [9.17, 15) is 4.39 Å². The van der Waals surface area contributed by atoms with Crippen LogP contribution >= 0.6 is 0 Å². The van der Waals surface area contributed by atoms with Crippen LogP contribution in [0.5, 0.6) is 0 Å². The zero-order chi connectivity index (χ0) is 14.1. The summed E-state index contributed by atoms with van der Waals surface area (Å²) in [6.07, 6.45) is 7.07. The summed E-state index contributed by atoms with van der Waals surface area (Å²) in [6.45, 7) is 2.29. The van der Waals surface area contributed by atoms with Gasteiger partial charge in [-0.1, -0.05) is 6.07 Å². The zero-order valence-corrected chi connectivity index (χ0v) is 11.4. The monoisotopic (exact) mass is 272 g/mol. The van der Waals surface area contributed by atoms with Gasteiger partial charge in [0, 0.05) is 18.0 Å². The third kappa shape index (κ3) is 2.43. The normalized spacial score (nSPS) is 16.4. The first-order valence-corrected chi connectivity index (χ1v) is 6.73. The Labute approximate surface area is 116 Å². The fourth-order valence-corrected chi connectivity index (χ4v) is 2.19. The number of rotatable bonds is 4. The third-order valence-electron chi connectivity index (χ3n) is 3.47. The van der Waals surface area contributed by atoms with Crippen LogP contribution in [0.1, 0.15) is 36.9 Å². The number of nitrogens with zero attached hydrogens (tertiary/aromatic N) is 3. The molecule has 20 heavy (non-hydrogen) atoms. The van der Waals surface area contributed by atoms with Gasteiger partial charge in [0.15, 0.2) is 0 Å². The van der Waals surface area contributed by atoms with E-state index in [0.717, 1.165) is 29.7 Å². The van der Waals surface area contributed by atoms with E-state index in [-0.39, 0.29) is 5.95 Å². The minimum atomic E-state index is -0.189. The van der Waals surface area contributed by atoms with Crippen LogP contribution in [0.3, 0.4) is 0 Å². The first kappa shape index (κ1) is 12.8. The number of halogens is 1. The van der Waals surface area contributed by atoms with Crippen molar-refractivity contribution < 1.29 is 4.39 Å². The van der Waals surface area contributed by atoms with Crippen LogP contribution in [0.4, 0.5) is 4.39 Å². The summed E-state index contributed by atoms with van der Waals surface area (Å²) in [5, 5.41) is 0. The lowest BCUT2D eigenvalue weighted by atomic mass is 10.2. The standard InChI is InChI=1S/C15H17FN4/c1-10(6-17)7-18-8-12-9-20-14(19-12)5-4-13(15(20)16)11-2-3-11/h4-7,9,11H,2-3,8,17H2,1H3/b10-6-,18-7?. The highest BCUT2D eigenvalue weighted by atomic mass is 19.1.